The number of ether oxygens (including phenoxy) is 1. The van der Waals surface area contributed by atoms with Crippen LogP contribution in [0.15, 0.2) is 30.7 Å². The number of nitrogens with zero attached hydrogens (tertiary/aromatic N) is 4. The molecule has 0 saturated carbocycles. The normalized spacial score (nSPS) is 23.5. The minimum atomic E-state index is 0.102. The number of hydrogen-bond donors (Lipinski definition) is 1. The van der Waals surface area contributed by atoms with Crippen molar-refractivity contribution in [3.63, 3.8) is 0 Å². The van der Waals surface area contributed by atoms with Crippen LogP contribution < -0.4 is 5.32 Å². The molecule has 1 aliphatic heterocycles. The average Bonchev–Trinajstić information content (AvgIpc) is 3.18. The zero-order chi connectivity index (χ0) is 14.7. The van der Waals surface area contributed by atoms with Crippen LogP contribution in [0.5, 0.6) is 0 Å². The van der Waals surface area contributed by atoms with Crippen molar-refractivity contribution in [1.29, 1.82) is 0 Å². The van der Waals surface area contributed by atoms with Gasteiger partial charge < -0.3 is 10.1 Å². The number of aromatic nitrogens is 4. The minimum Gasteiger partial charge on any atom is -0.370 e. The molecule has 1 aliphatic rings. The molecule has 0 spiro atoms. The van der Waals surface area contributed by atoms with Gasteiger partial charge in [-0.3, -0.25) is 9.36 Å². The first-order chi connectivity index (χ1) is 10.2. The van der Waals surface area contributed by atoms with Gasteiger partial charge in [0.05, 0.1) is 5.69 Å². The molecule has 6 heteroatoms. The van der Waals surface area contributed by atoms with Gasteiger partial charge in [-0.2, -0.15) is 10.2 Å². The minimum absolute atomic E-state index is 0.102. The number of aryl methyl sites for hydroxylation is 2. The third-order valence-corrected chi connectivity index (χ3v) is 4.09. The topological polar surface area (TPSA) is 56.9 Å². The van der Waals surface area contributed by atoms with Gasteiger partial charge in [0.2, 0.25) is 0 Å². The molecule has 114 valence electrons. The molecule has 0 aliphatic carbocycles. The maximum absolute atomic E-state index is 5.90. The second-order valence-electron chi connectivity index (χ2n) is 5.69. The molecule has 2 aromatic heterocycles. The van der Waals surface area contributed by atoms with E-state index in [0.29, 0.717) is 12.1 Å². The molecule has 0 bridgehead atoms. The summed E-state index contributed by atoms with van der Waals surface area (Å²) in [6, 6.07) is 4.78. The zero-order valence-corrected chi connectivity index (χ0v) is 12.6. The Balaban J connectivity index is 1.55. The highest BCUT2D eigenvalue weighted by Gasteiger charge is 2.32. The van der Waals surface area contributed by atoms with E-state index in [1.54, 1.807) is 0 Å². The Bertz CT molecular complexity index is 550. The van der Waals surface area contributed by atoms with Gasteiger partial charge in [-0.25, -0.2) is 0 Å². The molecule has 0 unspecified atom stereocenters. The second kappa shape index (κ2) is 6.41. The van der Waals surface area contributed by atoms with Gasteiger partial charge in [0.25, 0.3) is 0 Å². The van der Waals surface area contributed by atoms with Crippen LogP contribution in [-0.4, -0.2) is 38.3 Å². The third-order valence-electron chi connectivity index (χ3n) is 4.09. The largest absolute Gasteiger partial charge is 0.370 e. The molecule has 1 N–H and O–H groups in total. The van der Waals surface area contributed by atoms with Gasteiger partial charge in [-0.05, 0) is 31.9 Å². The first-order valence-electron chi connectivity index (χ1n) is 7.57. The fourth-order valence-corrected chi connectivity index (χ4v) is 2.92. The van der Waals surface area contributed by atoms with Crippen molar-refractivity contribution < 1.29 is 4.74 Å². The fourth-order valence-electron chi connectivity index (χ4n) is 2.92. The predicted molar refractivity (Wildman–Crippen MR) is 79.7 cm³/mol. The monoisotopic (exact) mass is 289 g/mol. The summed E-state index contributed by atoms with van der Waals surface area (Å²) < 4.78 is 9.78. The molecule has 21 heavy (non-hydrogen) atoms. The van der Waals surface area contributed by atoms with Crippen molar-refractivity contribution in [1.82, 2.24) is 24.9 Å². The van der Waals surface area contributed by atoms with Gasteiger partial charge >= 0.3 is 0 Å². The molecule has 3 rings (SSSR count). The Kier molecular flexibility index (Phi) is 4.36. The van der Waals surface area contributed by atoms with Crippen molar-refractivity contribution in [3.8, 4) is 0 Å². The van der Waals surface area contributed by atoms with Crippen LogP contribution in [0.1, 0.15) is 31.6 Å². The van der Waals surface area contributed by atoms with Crippen LogP contribution in [0.4, 0.5) is 0 Å². The van der Waals surface area contributed by atoms with E-state index in [1.165, 1.54) is 0 Å². The number of rotatable bonds is 6. The SMILES string of the molecule is C[C@@H](CCn1cccn1)N[C@H]1CCO[C@@H]1c1ccnn1C. The number of hydrogen-bond acceptors (Lipinski definition) is 4. The van der Waals surface area contributed by atoms with Gasteiger partial charge in [0, 0.05) is 50.9 Å². The molecule has 0 radical (unpaired) electrons. The lowest BCUT2D eigenvalue weighted by Crippen LogP contribution is -2.39. The first-order valence-corrected chi connectivity index (χ1v) is 7.57. The summed E-state index contributed by atoms with van der Waals surface area (Å²) in [6.07, 6.45) is 7.85. The Hall–Kier alpha value is -1.66. The summed E-state index contributed by atoms with van der Waals surface area (Å²) >= 11 is 0. The predicted octanol–water partition coefficient (Wildman–Crippen LogP) is 1.51. The summed E-state index contributed by atoms with van der Waals surface area (Å²) in [4.78, 5) is 0. The van der Waals surface area contributed by atoms with Crippen LogP contribution in [0.3, 0.4) is 0 Å². The quantitative estimate of drug-likeness (QED) is 0.876. The van der Waals surface area contributed by atoms with E-state index in [4.69, 9.17) is 4.74 Å². The highest BCUT2D eigenvalue weighted by atomic mass is 16.5. The van der Waals surface area contributed by atoms with E-state index in [1.807, 2.05) is 47.1 Å². The zero-order valence-electron chi connectivity index (χ0n) is 12.6. The van der Waals surface area contributed by atoms with Crippen LogP contribution >= 0.6 is 0 Å². The standard InChI is InChI=1S/C15H23N5O/c1-12(5-10-20-9-3-7-17-20)18-13-6-11-21-15(13)14-4-8-16-19(14)2/h3-4,7-9,12-13,15,18H,5-6,10-11H2,1-2H3/t12-,13-,15-/m0/s1. The molecule has 3 atom stereocenters. The molecule has 1 fully saturated rings. The van der Waals surface area contributed by atoms with Crippen molar-refractivity contribution in [2.24, 2.45) is 7.05 Å². The van der Waals surface area contributed by atoms with E-state index in [9.17, 15) is 0 Å². The van der Waals surface area contributed by atoms with E-state index in [-0.39, 0.29) is 6.10 Å². The lowest BCUT2D eigenvalue weighted by Gasteiger charge is -2.24. The summed E-state index contributed by atoms with van der Waals surface area (Å²) in [5, 5.41) is 12.2. The summed E-state index contributed by atoms with van der Waals surface area (Å²) in [7, 11) is 1.97. The van der Waals surface area contributed by atoms with Gasteiger partial charge in [0.1, 0.15) is 6.10 Å². The summed E-state index contributed by atoms with van der Waals surface area (Å²) in [5.74, 6) is 0. The van der Waals surface area contributed by atoms with Crippen LogP contribution in [0.2, 0.25) is 0 Å². The first kappa shape index (κ1) is 14.3. The highest BCUT2D eigenvalue weighted by Crippen LogP contribution is 2.29. The smallest absolute Gasteiger partial charge is 0.114 e. The van der Waals surface area contributed by atoms with Gasteiger partial charge in [-0.15, -0.1) is 0 Å². The van der Waals surface area contributed by atoms with Crippen LogP contribution in [0.25, 0.3) is 0 Å². The van der Waals surface area contributed by atoms with Crippen LogP contribution in [-0.2, 0) is 18.3 Å². The van der Waals surface area contributed by atoms with E-state index < -0.39 is 0 Å². The van der Waals surface area contributed by atoms with Crippen LogP contribution in [0, 0.1) is 0 Å². The Morgan fingerprint density at radius 2 is 2.33 bits per heavy atom. The lowest BCUT2D eigenvalue weighted by atomic mass is 10.1. The highest BCUT2D eigenvalue weighted by molar-refractivity contribution is 5.09. The molecule has 2 aromatic rings. The van der Waals surface area contributed by atoms with Crippen molar-refractivity contribution in [2.75, 3.05) is 6.61 Å². The molecule has 0 aromatic carbocycles. The Labute approximate surface area is 125 Å². The van der Waals surface area contributed by atoms with Crippen molar-refractivity contribution >= 4 is 0 Å². The van der Waals surface area contributed by atoms with E-state index >= 15 is 0 Å². The third kappa shape index (κ3) is 3.33. The van der Waals surface area contributed by atoms with E-state index in [2.05, 4.69) is 22.4 Å². The summed E-state index contributed by atoms with van der Waals surface area (Å²) in [6.45, 7) is 3.96. The molecule has 0 amide bonds. The summed E-state index contributed by atoms with van der Waals surface area (Å²) in [5.41, 5.74) is 1.14. The Morgan fingerprint density at radius 1 is 1.43 bits per heavy atom. The van der Waals surface area contributed by atoms with Gasteiger partial charge in [-0.1, -0.05) is 0 Å². The van der Waals surface area contributed by atoms with Crippen molar-refractivity contribution in [3.05, 3.63) is 36.4 Å². The number of nitrogens with one attached hydrogen (secondary N) is 1. The Morgan fingerprint density at radius 3 is 3.05 bits per heavy atom. The average molecular weight is 289 g/mol. The lowest BCUT2D eigenvalue weighted by molar-refractivity contribution is 0.0898. The molecule has 1 saturated heterocycles. The maximum atomic E-state index is 5.90. The fraction of sp³-hybridized carbons (Fsp3) is 0.600. The van der Waals surface area contributed by atoms with E-state index in [0.717, 1.165) is 31.7 Å². The molecular formula is C15H23N5O. The maximum Gasteiger partial charge on any atom is 0.114 e. The second-order valence-corrected chi connectivity index (χ2v) is 5.69. The van der Waals surface area contributed by atoms with Crippen molar-refractivity contribution in [2.45, 2.75) is 44.5 Å². The molecular weight excluding hydrogens is 266 g/mol. The molecule has 6 nitrogen and oxygen atoms in total. The molecule has 3 heterocycles. The van der Waals surface area contributed by atoms with Gasteiger partial charge in [0.15, 0.2) is 0 Å².